The lowest BCUT2D eigenvalue weighted by atomic mass is 10.00. The summed E-state index contributed by atoms with van der Waals surface area (Å²) in [6.45, 7) is 5.67. The third kappa shape index (κ3) is 4.00. The van der Waals surface area contributed by atoms with Crippen molar-refractivity contribution in [1.82, 2.24) is 15.2 Å². The SMILES string of the molecule is CCCC[C@H](CNC=O)C(=O)N1CCN(c2cccc3[nH]ccc23)CC1. The molecule has 0 unspecified atom stereocenters. The van der Waals surface area contributed by atoms with Crippen LogP contribution in [-0.4, -0.2) is 54.9 Å². The van der Waals surface area contributed by atoms with E-state index in [4.69, 9.17) is 0 Å². The standard InChI is InChI=1S/C20H28N4O2/c1-2-3-5-16(14-21-15-25)20(26)24-12-10-23(11-13-24)19-7-4-6-18-17(19)8-9-22-18/h4,6-9,15-16,22H,2-3,5,10-14H2,1H3,(H,21,25)/t16-/m1/s1. The van der Waals surface area contributed by atoms with Gasteiger partial charge in [0.1, 0.15) is 0 Å². The quantitative estimate of drug-likeness (QED) is 0.714. The Bertz CT molecular complexity index is 734. The van der Waals surface area contributed by atoms with Crippen LogP contribution < -0.4 is 10.2 Å². The molecule has 3 rings (SSSR count). The molecular weight excluding hydrogens is 328 g/mol. The highest BCUT2D eigenvalue weighted by atomic mass is 16.2. The predicted octanol–water partition coefficient (Wildman–Crippen LogP) is 2.37. The zero-order chi connectivity index (χ0) is 18.4. The minimum atomic E-state index is -0.111. The summed E-state index contributed by atoms with van der Waals surface area (Å²) >= 11 is 0. The molecule has 2 amide bonds. The molecule has 2 N–H and O–H groups in total. The number of hydrogen-bond acceptors (Lipinski definition) is 3. The van der Waals surface area contributed by atoms with Gasteiger partial charge in [0.2, 0.25) is 12.3 Å². The van der Waals surface area contributed by atoms with Gasteiger partial charge in [0.05, 0.1) is 5.92 Å². The number of carbonyl (C=O) groups is 2. The molecule has 1 aliphatic heterocycles. The number of rotatable bonds is 8. The van der Waals surface area contributed by atoms with Crippen LogP contribution >= 0.6 is 0 Å². The lowest BCUT2D eigenvalue weighted by molar-refractivity contribution is -0.136. The number of aromatic nitrogens is 1. The van der Waals surface area contributed by atoms with E-state index in [0.717, 1.165) is 51.0 Å². The summed E-state index contributed by atoms with van der Waals surface area (Å²) in [6, 6.07) is 8.40. The normalized spacial score (nSPS) is 15.9. The fourth-order valence-electron chi connectivity index (χ4n) is 3.72. The van der Waals surface area contributed by atoms with Crippen LogP contribution in [0.4, 0.5) is 5.69 Å². The van der Waals surface area contributed by atoms with Gasteiger partial charge in [0, 0.05) is 55.5 Å². The van der Waals surface area contributed by atoms with Crippen LogP contribution in [0.25, 0.3) is 10.9 Å². The molecule has 1 aromatic heterocycles. The number of aromatic amines is 1. The maximum atomic E-state index is 12.9. The minimum Gasteiger partial charge on any atom is -0.367 e. The molecule has 0 radical (unpaired) electrons. The van der Waals surface area contributed by atoms with Crippen LogP contribution in [0.15, 0.2) is 30.5 Å². The number of H-pyrrole nitrogens is 1. The molecular formula is C20H28N4O2. The molecule has 2 aromatic rings. The summed E-state index contributed by atoms with van der Waals surface area (Å²) in [4.78, 5) is 31.1. The van der Waals surface area contributed by atoms with Crippen LogP contribution in [0.3, 0.4) is 0 Å². The van der Waals surface area contributed by atoms with Crippen LogP contribution in [0.5, 0.6) is 0 Å². The van der Waals surface area contributed by atoms with Crippen LogP contribution in [0, 0.1) is 5.92 Å². The lowest BCUT2D eigenvalue weighted by Crippen LogP contribution is -2.51. The summed E-state index contributed by atoms with van der Waals surface area (Å²) in [6.07, 6.45) is 5.54. The Hall–Kier alpha value is -2.50. The molecule has 6 heteroatoms. The van der Waals surface area contributed by atoms with E-state index in [0.29, 0.717) is 13.0 Å². The van der Waals surface area contributed by atoms with Gasteiger partial charge in [-0.2, -0.15) is 0 Å². The number of anilines is 1. The van der Waals surface area contributed by atoms with Crippen LogP contribution in [0.2, 0.25) is 0 Å². The number of piperazine rings is 1. The first-order valence-electron chi connectivity index (χ1n) is 9.51. The van der Waals surface area contributed by atoms with E-state index < -0.39 is 0 Å². The van der Waals surface area contributed by atoms with Gasteiger partial charge in [-0.25, -0.2) is 0 Å². The first kappa shape index (κ1) is 18.3. The molecule has 1 fully saturated rings. The number of carbonyl (C=O) groups excluding carboxylic acids is 2. The molecule has 1 atom stereocenters. The topological polar surface area (TPSA) is 68.4 Å². The van der Waals surface area contributed by atoms with Crippen LogP contribution in [-0.2, 0) is 9.59 Å². The molecule has 2 heterocycles. The zero-order valence-corrected chi connectivity index (χ0v) is 15.4. The summed E-state index contributed by atoms with van der Waals surface area (Å²) in [5, 5.41) is 3.91. The van der Waals surface area contributed by atoms with Gasteiger partial charge >= 0.3 is 0 Å². The Labute approximate surface area is 154 Å². The molecule has 0 spiro atoms. The molecule has 26 heavy (non-hydrogen) atoms. The zero-order valence-electron chi connectivity index (χ0n) is 15.4. The number of nitrogens with zero attached hydrogens (tertiary/aromatic N) is 2. The molecule has 0 saturated carbocycles. The lowest BCUT2D eigenvalue weighted by Gasteiger charge is -2.38. The highest BCUT2D eigenvalue weighted by molar-refractivity contribution is 5.92. The monoisotopic (exact) mass is 356 g/mol. The van der Waals surface area contributed by atoms with Gasteiger partial charge in [0.25, 0.3) is 0 Å². The van der Waals surface area contributed by atoms with Gasteiger partial charge in [-0.1, -0.05) is 25.8 Å². The molecule has 0 aliphatic carbocycles. The second-order valence-corrected chi connectivity index (χ2v) is 6.89. The van der Waals surface area contributed by atoms with Gasteiger partial charge in [-0.05, 0) is 24.6 Å². The van der Waals surface area contributed by atoms with Gasteiger partial charge < -0.3 is 20.1 Å². The summed E-state index contributed by atoms with van der Waals surface area (Å²) < 4.78 is 0. The Morgan fingerprint density at radius 2 is 2.08 bits per heavy atom. The second kappa shape index (κ2) is 8.74. The molecule has 140 valence electrons. The fourth-order valence-corrected chi connectivity index (χ4v) is 3.72. The predicted molar refractivity (Wildman–Crippen MR) is 104 cm³/mol. The average molecular weight is 356 g/mol. The molecule has 1 aromatic carbocycles. The number of benzene rings is 1. The smallest absolute Gasteiger partial charge is 0.227 e. The number of hydrogen-bond donors (Lipinski definition) is 2. The van der Waals surface area contributed by atoms with Crippen molar-refractivity contribution in [2.75, 3.05) is 37.6 Å². The summed E-state index contributed by atoms with van der Waals surface area (Å²) in [7, 11) is 0. The molecule has 1 aliphatic rings. The summed E-state index contributed by atoms with van der Waals surface area (Å²) in [5.41, 5.74) is 2.36. The first-order valence-corrected chi connectivity index (χ1v) is 9.51. The van der Waals surface area contributed by atoms with E-state index in [-0.39, 0.29) is 11.8 Å². The van der Waals surface area contributed by atoms with Crippen molar-refractivity contribution in [3.8, 4) is 0 Å². The Morgan fingerprint density at radius 1 is 1.27 bits per heavy atom. The van der Waals surface area contributed by atoms with Crippen molar-refractivity contribution < 1.29 is 9.59 Å². The van der Waals surface area contributed by atoms with Gasteiger partial charge in [0.15, 0.2) is 0 Å². The highest BCUT2D eigenvalue weighted by Crippen LogP contribution is 2.27. The third-order valence-electron chi connectivity index (χ3n) is 5.21. The third-order valence-corrected chi connectivity index (χ3v) is 5.21. The van der Waals surface area contributed by atoms with E-state index in [1.54, 1.807) is 0 Å². The number of amides is 2. The number of fused-ring (bicyclic) bond motifs is 1. The molecule has 1 saturated heterocycles. The van der Waals surface area contributed by atoms with E-state index >= 15 is 0 Å². The van der Waals surface area contributed by atoms with Gasteiger partial charge in [-0.3, -0.25) is 9.59 Å². The Morgan fingerprint density at radius 3 is 2.81 bits per heavy atom. The van der Waals surface area contributed by atoms with Crippen molar-refractivity contribution in [2.45, 2.75) is 26.2 Å². The van der Waals surface area contributed by atoms with Crippen molar-refractivity contribution in [2.24, 2.45) is 5.92 Å². The average Bonchev–Trinajstić information content (AvgIpc) is 3.17. The molecule has 0 bridgehead atoms. The Balaban J connectivity index is 1.62. The first-order chi connectivity index (χ1) is 12.7. The minimum absolute atomic E-state index is 0.111. The second-order valence-electron chi connectivity index (χ2n) is 6.89. The van der Waals surface area contributed by atoms with Crippen LogP contribution in [0.1, 0.15) is 26.2 Å². The van der Waals surface area contributed by atoms with Crippen molar-refractivity contribution in [3.05, 3.63) is 30.5 Å². The number of nitrogens with one attached hydrogen (secondary N) is 2. The Kier molecular flexibility index (Phi) is 6.15. The largest absolute Gasteiger partial charge is 0.367 e. The van der Waals surface area contributed by atoms with E-state index in [9.17, 15) is 9.59 Å². The maximum absolute atomic E-state index is 12.9. The maximum Gasteiger partial charge on any atom is 0.227 e. The fraction of sp³-hybridized carbons (Fsp3) is 0.500. The molecule has 6 nitrogen and oxygen atoms in total. The van der Waals surface area contributed by atoms with Gasteiger partial charge in [-0.15, -0.1) is 0 Å². The van der Waals surface area contributed by atoms with Crippen molar-refractivity contribution >= 4 is 28.9 Å². The number of unbranched alkanes of at least 4 members (excludes halogenated alkanes) is 1. The van der Waals surface area contributed by atoms with E-state index in [2.05, 4.69) is 46.4 Å². The van der Waals surface area contributed by atoms with E-state index in [1.165, 1.54) is 11.1 Å². The van der Waals surface area contributed by atoms with E-state index in [1.807, 2.05) is 11.1 Å². The summed E-state index contributed by atoms with van der Waals surface area (Å²) in [5.74, 6) is 0.0621. The highest BCUT2D eigenvalue weighted by Gasteiger charge is 2.27. The van der Waals surface area contributed by atoms with Crippen molar-refractivity contribution in [1.29, 1.82) is 0 Å². The van der Waals surface area contributed by atoms with Crippen molar-refractivity contribution in [3.63, 3.8) is 0 Å².